The van der Waals surface area contributed by atoms with E-state index in [0.29, 0.717) is 6.61 Å². The highest BCUT2D eigenvalue weighted by molar-refractivity contribution is 5.49. The summed E-state index contributed by atoms with van der Waals surface area (Å²) in [5, 5.41) is 0. The Morgan fingerprint density at radius 1 is 0.958 bits per heavy atom. The predicted molar refractivity (Wildman–Crippen MR) is 98.6 cm³/mol. The summed E-state index contributed by atoms with van der Waals surface area (Å²) >= 11 is 0. The maximum Gasteiger partial charge on any atom is 0.0791 e. The van der Waals surface area contributed by atoms with Crippen molar-refractivity contribution in [2.75, 3.05) is 0 Å². The molecular weight excluding hydrogens is 296 g/mol. The molecule has 1 fully saturated rings. The maximum absolute atomic E-state index is 6.12. The molecule has 0 aliphatic carbocycles. The number of hydrogen-bond acceptors (Lipinski definition) is 2. The van der Waals surface area contributed by atoms with E-state index < -0.39 is 0 Å². The van der Waals surface area contributed by atoms with Gasteiger partial charge < -0.3 is 9.47 Å². The molecule has 1 aliphatic rings. The van der Waals surface area contributed by atoms with Crippen LogP contribution in [0.1, 0.15) is 24.0 Å². The smallest absolute Gasteiger partial charge is 0.0791 e. The molecule has 2 nitrogen and oxygen atoms in total. The summed E-state index contributed by atoms with van der Waals surface area (Å²) in [4.78, 5) is 0. The van der Waals surface area contributed by atoms with Crippen molar-refractivity contribution in [3.63, 3.8) is 0 Å². The Labute approximate surface area is 144 Å². The SMILES string of the molecule is C=C[C@H]1C[C@H](OCc2ccccc2)C[C@@H](/C=C/c2ccccc2)O1. The van der Waals surface area contributed by atoms with E-state index in [0.717, 1.165) is 12.8 Å². The normalized spacial score (nSPS) is 24.1. The van der Waals surface area contributed by atoms with E-state index >= 15 is 0 Å². The molecule has 1 heterocycles. The van der Waals surface area contributed by atoms with Crippen LogP contribution in [0.25, 0.3) is 6.08 Å². The van der Waals surface area contributed by atoms with Gasteiger partial charge in [0.15, 0.2) is 0 Å². The molecule has 2 aromatic rings. The Hall–Kier alpha value is -2.16. The summed E-state index contributed by atoms with van der Waals surface area (Å²) in [7, 11) is 0. The van der Waals surface area contributed by atoms with Crippen LogP contribution in [0.15, 0.2) is 79.4 Å². The third kappa shape index (κ3) is 4.92. The Balaban J connectivity index is 1.59. The third-order valence-corrected chi connectivity index (χ3v) is 4.23. The Morgan fingerprint density at radius 2 is 1.62 bits per heavy atom. The van der Waals surface area contributed by atoms with Crippen molar-refractivity contribution in [2.45, 2.75) is 37.8 Å². The summed E-state index contributed by atoms with van der Waals surface area (Å²) in [5.41, 5.74) is 2.39. The van der Waals surface area contributed by atoms with Gasteiger partial charge in [-0.3, -0.25) is 0 Å². The van der Waals surface area contributed by atoms with Gasteiger partial charge in [0.05, 0.1) is 24.9 Å². The zero-order valence-corrected chi connectivity index (χ0v) is 13.9. The second-order valence-electron chi connectivity index (χ2n) is 6.11. The molecule has 3 atom stereocenters. The van der Waals surface area contributed by atoms with Gasteiger partial charge in [-0.2, -0.15) is 0 Å². The molecule has 24 heavy (non-hydrogen) atoms. The van der Waals surface area contributed by atoms with Crippen LogP contribution in [0, 0.1) is 0 Å². The quantitative estimate of drug-likeness (QED) is 0.696. The lowest BCUT2D eigenvalue weighted by Gasteiger charge is -2.32. The van der Waals surface area contributed by atoms with Crippen molar-refractivity contribution in [3.05, 3.63) is 90.5 Å². The highest BCUT2D eigenvalue weighted by Crippen LogP contribution is 2.25. The lowest BCUT2D eigenvalue weighted by Crippen LogP contribution is -2.35. The van der Waals surface area contributed by atoms with Crippen LogP contribution >= 0.6 is 0 Å². The van der Waals surface area contributed by atoms with Crippen molar-refractivity contribution in [1.29, 1.82) is 0 Å². The van der Waals surface area contributed by atoms with E-state index in [2.05, 4.69) is 43.0 Å². The summed E-state index contributed by atoms with van der Waals surface area (Å²) in [5.74, 6) is 0. The number of rotatable bonds is 6. The van der Waals surface area contributed by atoms with E-state index in [-0.39, 0.29) is 18.3 Å². The third-order valence-electron chi connectivity index (χ3n) is 4.23. The zero-order chi connectivity index (χ0) is 16.6. The minimum absolute atomic E-state index is 0.0462. The van der Waals surface area contributed by atoms with Crippen LogP contribution in [0.2, 0.25) is 0 Å². The highest BCUT2D eigenvalue weighted by atomic mass is 16.5. The first-order valence-electron chi connectivity index (χ1n) is 8.50. The first kappa shape index (κ1) is 16.7. The van der Waals surface area contributed by atoms with Crippen molar-refractivity contribution in [2.24, 2.45) is 0 Å². The molecule has 0 unspecified atom stereocenters. The summed E-state index contributed by atoms with van der Waals surface area (Å²) in [6.45, 7) is 4.53. The fourth-order valence-corrected chi connectivity index (χ4v) is 2.93. The second-order valence-corrected chi connectivity index (χ2v) is 6.11. The summed E-state index contributed by atoms with van der Waals surface area (Å²) in [6.07, 6.45) is 8.15. The molecule has 0 amide bonds. The molecule has 0 saturated carbocycles. The predicted octanol–water partition coefficient (Wildman–Crippen LogP) is 5.02. The standard InChI is InChI=1S/C22H24O2/c1-2-20-15-22(23-17-19-11-7-4-8-12-19)16-21(24-20)14-13-18-9-5-3-6-10-18/h2-14,20-22H,1,15-17H2/b14-13+/t20-,21+,22-/m0/s1. The zero-order valence-electron chi connectivity index (χ0n) is 13.9. The maximum atomic E-state index is 6.12. The lowest BCUT2D eigenvalue weighted by atomic mass is 9.99. The van der Waals surface area contributed by atoms with Crippen molar-refractivity contribution in [1.82, 2.24) is 0 Å². The molecule has 3 rings (SSSR count). The first-order chi connectivity index (χ1) is 11.8. The molecule has 0 bridgehead atoms. The average Bonchev–Trinajstić information content (AvgIpc) is 2.66. The van der Waals surface area contributed by atoms with Crippen LogP contribution in [-0.2, 0) is 16.1 Å². The fourth-order valence-electron chi connectivity index (χ4n) is 2.93. The molecule has 1 saturated heterocycles. The summed E-state index contributed by atoms with van der Waals surface area (Å²) < 4.78 is 12.2. The number of ether oxygens (including phenoxy) is 2. The van der Waals surface area contributed by atoms with E-state index in [1.807, 2.05) is 42.5 Å². The van der Waals surface area contributed by atoms with Crippen LogP contribution in [0.4, 0.5) is 0 Å². The molecular formula is C22H24O2. The molecule has 124 valence electrons. The van der Waals surface area contributed by atoms with Crippen molar-refractivity contribution in [3.8, 4) is 0 Å². The molecule has 2 aromatic carbocycles. The average molecular weight is 320 g/mol. The minimum Gasteiger partial charge on any atom is -0.373 e. The monoisotopic (exact) mass is 320 g/mol. The van der Waals surface area contributed by atoms with E-state index in [4.69, 9.17) is 9.47 Å². The molecule has 0 spiro atoms. The van der Waals surface area contributed by atoms with Gasteiger partial charge in [0.2, 0.25) is 0 Å². The van der Waals surface area contributed by atoms with E-state index in [1.165, 1.54) is 11.1 Å². The molecule has 2 heteroatoms. The van der Waals surface area contributed by atoms with Gasteiger partial charge in [-0.1, -0.05) is 78.9 Å². The topological polar surface area (TPSA) is 18.5 Å². The Bertz CT molecular complexity index is 648. The van der Waals surface area contributed by atoms with Crippen molar-refractivity contribution < 1.29 is 9.47 Å². The van der Waals surface area contributed by atoms with E-state index in [9.17, 15) is 0 Å². The molecule has 1 aliphatic heterocycles. The Kier molecular flexibility index (Phi) is 6.00. The summed E-state index contributed by atoms with van der Waals surface area (Å²) in [6, 6.07) is 20.6. The lowest BCUT2D eigenvalue weighted by molar-refractivity contribution is -0.0866. The van der Waals surface area contributed by atoms with Gasteiger partial charge in [-0.15, -0.1) is 6.58 Å². The van der Waals surface area contributed by atoms with Gasteiger partial charge in [0.25, 0.3) is 0 Å². The van der Waals surface area contributed by atoms with Crippen molar-refractivity contribution >= 4 is 6.08 Å². The highest BCUT2D eigenvalue weighted by Gasteiger charge is 2.27. The molecule has 0 aromatic heterocycles. The van der Waals surface area contributed by atoms with Gasteiger partial charge >= 0.3 is 0 Å². The largest absolute Gasteiger partial charge is 0.373 e. The Morgan fingerprint density at radius 3 is 2.33 bits per heavy atom. The second kappa shape index (κ2) is 8.62. The minimum atomic E-state index is 0.0462. The fraction of sp³-hybridized carbons (Fsp3) is 0.273. The molecule has 0 radical (unpaired) electrons. The van der Waals surface area contributed by atoms with Crippen LogP contribution in [0.3, 0.4) is 0 Å². The van der Waals surface area contributed by atoms with Gasteiger partial charge in [-0.25, -0.2) is 0 Å². The number of hydrogen-bond donors (Lipinski definition) is 0. The van der Waals surface area contributed by atoms with Crippen LogP contribution in [0.5, 0.6) is 0 Å². The van der Waals surface area contributed by atoms with E-state index in [1.54, 1.807) is 0 Å². The number of benzene rings is 2. The first-order valence-corrected chi connectivity index (χ1v) is 8.50. The van der Waals surface area contributed by atoms with Crippen LogP contribution in [-0.4, -0.2) is 18.3 Å². The van der Waals surface area contributed by atoms with Crippen LogP contribution < -0.4 is 0 Å². The van der Waals surface area contributed by atoms with Gasteiger partial charge in [-0.05, 0) is 11.1 Å². The van der Waals surface area contributed by atoms with Gasteiger partial charge in [0.1, 0.15) is 0 Å². The molecule has 0 N–H and O–H groups in total. The van der Waals surface area contributed by atoms with Gasteiger partial charge in [0, 0.05) is 12.8 Å².